The molecule has 1 aliphatic rings. The first-order valence-corrected chi connectivity index (χ1v) is 17.6. The van der Waals surface area contributed by atoms with Crippen molar-refractivity contribution in [1.82, 2.24) is 0 Å². The van der Waals surface area contributed by atoms with E-state index in [1.165, 1.54) is 44.7 Å². The van der Waals surface area contributed by atoms with E-state index in [1.807, 2.05) is 0 Å². The van der Waals surface area contributed by atoms with Gasteiger partial charge in [-0.1, -0.05) is 182 Å². The minimum absolute atomic E-state index is 0.446. The smallest absolute Gasteiger partial charge is 0.0466 e. The molecule has 7 rings (SSSR count). The largest absolute Gasteiger partial charge is 0.381 e. The fourth-order valence-electron chi connectivity index (χ4n) is 4.87. The van der Waals surface area contributed by atoms with Crippen molar-refractivity contribution in [1.29, 1.82) is 0 Å². The molecule has 0 unspecified atom stereocenters. The van der Waals surface area contributed by atoms with E-state index >= 15 is 0 Å². The Bertz CT molecular complexity index is 1250. The topological polar surface area (TPSA) is 9.23 Å². The molecule has 1 nitrogen and oxygen atoms in total. The molecule has 6 aromatic rings. The average molecular weight is 597 g/mol. The van der Waals surface area contributed by atoms with E-state index in [9.17, 15) is 0 Å². The molecule has 0 aliphatic carbocycles. The fourth-order valence-corrected chi connectivity index (χ4v) is 9.48. The molecule has 1 heterocycles. The molecular formula is C40H38OP2. The van der Waals surface area contributed by atoms with Crippen molar-refractivity contribution in [2.75, 3.05) is 13.2 Å². The average Bonchev–Trinajstić information content (AvgIpc) is 3.69. The van der Waals surface area contributed by atoms with Gasteiger partial charge in [-0.2, -0.15) is 0 Å². The van der Waals surface area contributed by atoms with Crippen LogP contribution in [-0.2, 0) is 4.74 Å². The van der Waals surface area contributed by atoms with Crippen molar-refractivity contribution in [2.45, 2.75) is 12.8 Å². The van der Waals surface area contributed by atoms with E-state index in [0.29, 0.717) is 0 Å². The predicted molar refractivity (Wildman–Crippen MR) is 190 cm³/mol. The Morgan fingerprint density at radius 3 is 0.605 bits per heavy atom. The maximum Gasteiger partial charge on any atom is 0.0466 e. The van der Waals surface area contributed by atoms with Gasteiger partial charge in [0.1, 0.15) is 0 Å². The van der Waals surface area contributed by atoms with Gasteiger partial charge < -0.3 is 4.74 Å². The van der Waals surface area contributed by atoms with Crippen LogP contribution in [0.2, 0.25) is 0 Å². The molecular weight excluding hydrogens is 558 g/mol. The van der Waals surface area contributed by atoms with Crippen molar-refractivity contribution in [3.8, 4) is 0 Å². The molecule has 0 spiro atoms. The summed E-state index contributed by atoms with van der Waals surface area (Å²) in [5.74, 6) is 0. The minimum Gasteiger partial charge on any atom is -0.381 e. The molecule has 1 saturated heterocycles. The zero-order valence-electron chi connectivity index (χ0n) is 24.5. The van der Waals surface area contributed by atoms with Crippen LogP contribution in [0.3, 0.4) is 0 Å². The summed E-state index contributed by atoms with van der Waals surface area (Å²) in [5, 5.41) is 8.39. The lowest BCUT2D eigenvalue weighted by Crippen LogP contribution is -2.20. The van der Waals surface area contributed by atoms with E-state index in [1.54, 1.807) is 0 Å². The zero-order chi connectivity index (χ0) is 29.4. The summed E-state index contributed by atoms with van der Waals surface area (Å²) in [6, 6.07) is 64.7. The van der Waals surface area contributed by atoms with Crippen molar-refractivity contribution in [3.05, 3.63) is 182 Å². The Morgan fingerprint density at radius 2 is 0.465 bits per heavy atom. The van der Waals surface area contributed by atoms with Crippen LogP contribution in [0.1, 0.15) is 12.8 Å². The number of ether oxygens (including phenoxy) is 1. The van der Waals surface area contributed by atoms with Crippen LogP contribution < -0.4 is 31.8 Å². The fraction of sp³-hybridized carbons (Fsp3) is 0.100. The normalized spacial score (nSPS) is 12.1. The van der Waals surface area contributed by atoms with E-state index in [0.717, 1.165) is 13.2 Å². The van der Waals surface area contributed by atoms with Gasteiger partial charge in [-0.25, -0.2) is 0 Å². The Kier molecular flexibility index (Phi) is 12.3. The summed E-state index contributed by atoms with van der Waals surface area (Å²) in [4.78, 5) is 0. The molecule has 1 aliphatic heterocycles. The van der Waals surface area contributed by atoms with E-state index < -0.39 is 15.8 Å². The molecule has 0 bridgehead atoms. The molecule has 0 atom stereocenters. The van der Waals surface area contributed by atoms with Gasteiger partial charge in [0.25, 0.3) is 0 Å². The minimum atomic E-state index is -0.446. The molecule has 0 saturated carbocycles. The molecule has 0 radical (unpaired) electrons. The predicted octanol–water partition coefficient (Wildman–Crippen LogP) is 7.69. The molecule has 0 N–H and O–H groups in total. The summed E-state index contributed by atoms with van der Waals surface area (Å²) in [5.41, 5.74) is 0. The Morgan fingerprint density at radius 1 is 0.279 bits per heavy atom. The third kappa shape index (κ3) is 9.31. The Hall–Kier alpha value is -3.86. The van der Waals surface area contributed by atoms with Gasteiger partial charge in [-0.15, -0.1) is 0 Å². The van der Waals surface area contributed by atoms with Gasteiger partial charge in [0, 0.05) is 13.2 Å². The van der Waals surface area contributed by atoms with E-state index in [4.69, 9.17) is 4.74 Å². The molecule has 0 aromatic heterocycles. The van der Waals surface area contributed by atoms with Crippen molar-refractivity contribution < 1.29 is 4.74 Å². The highest BCUT2D eigenvalue weighted by Gasteiger charge is 2.16. The molecule has 1 fully saturated rings. The summed E-state index contributed by atoms with van der Waals surface area (Å²) < 4.78 is 4.94. The monoisotopic (exact) mass is 596 g/mol. The standard InChI is InChI=1S/2C18H15P.C4H8O/c2*1-4-10-16(11-5-1)19(17-12-6-2-7-13-17)18-14-8-3-9-15-18;1-2-4-5-3-1/h2*1-15H;1-4H2. The summed E-state index contributed by atoms with van der Waals surface area (Å²) >= 11 is 0. The second kappa shape index (κ2) is 17.3. The first kappa shape index (κ1) is 30.6. The van der Waals surface area contributed by atoms with Crippen molar-refractivity contribution >= 4 is 47.7 Å². The van der Waals surface area contributed by atoms with Crippen LogP contribution in [0.4, 0.5) is 0 Å². The highest BCUT2D eigenvalue weighted by molar-refractivity contribution is 7.80. The second-order valence-corrected chi connectivity index (χ2v) is 14.4. The Labute approximate surface area is 259 Å². The molecule has 43 heavy (non-hydrogen) atoms. The number of hydrogen-bond acceptors (Lipinski definition) is 1. The zero-order valence-corrected chi connectivity index (χ0v) is 26.2. The number of rotatable bonds is 6. The molecule has 214 valence electrons. The quantitative estimate of drug-likeness (QED) is 0.179. The Balaban J connectivity index is 0.000000147. The lowest BCUT2D eigenvalue weighted by Gasteiger charge is -2.18. The molecule has 6 aromatic carbocycles. The maximum absolute atomic E-state index is 4.94. The van der Waals surface area contributed by atoms with Gasteiger partial charge in [0.05, 0.1) is 0 Å². The van der Waals surface area contributed by atoms with Crippen LogP contribution in [0.25, 0.3) is 0 Å². The lowest BCUT2D eigenvalue weighted by molar-refractivity contribution is 0.198. The highest BCUT2D eigenvalue weighted by atomic mass is 31.1. The van der Waals surface area contributed by atoms with Gasteiger partial charge in [0.2, 0.25) is 0 Å². The summed E-state index contributed by atoms with van der Waals surface area (Å²) in [6.07, 6.45) is 2.56. The van der Waals surface area contributed by atoms with Crippen molar-refractivity contribution in [2.24, 2.45) is 0 Å². The summed E-state index contributed by atoms with van der Waals surface area (Å²) in [7, 11) is -0.892. The molecule has 0 amide bonds. The number of benzene rings is 6. The maximum atomic E-state index is 4.94. The SMILES string of the molecule is C1CCOC1.c1ccc(P(c2ccccc2)c2ccccc2)cc1.c1ccc(P(c2ccccc2)c2ccccc2)cc1. The molecule has 3 heteroatoms. The lowest BCUT2D eigenvalue weighted by atomic mass is 10.4. The van der Waals surface area contributed by atoms with Gasteiger partial charge >= 0.3 is 0 Å². The van der Waals surface area contributed by atoms with Gasteiger partial charge in [0.15, 0.2) is 0 Å². The van der Waals surface area contributed by atoms with Crippen LogP contribution in [-0.4, -0.2) is 13.2 Å². The van der Waals surface area contributed by atoms with E-state index in [-0.39, 0.29) is 0 Å². The highest BCUT2D eigenvalue weighted by Crippen LogP contribution is 2.33. The number of hydrogen-bond donors (Lipinski definition) is 0. The third-order valence-electron chi connectivity index (χ3n) is 6.91. The van der Waals surface area contributed by atoms with Gasteiger partial charge in [-0.3, -0.25) is 0 Å². The van der Waals surface area contributed by atoms with Crippen LogP contribution in [0.5, 0.6) is 0 Å². The van der Waals surface area contributed by atoms with Crippen LogP contribution in [0.15, 0.2) is 182 Å². The first-order chi connectivity index (χ1) is 21.4. The van der Waals surface area contributed by atoms with Gasteiger partial charge in [-0.05, 0) is 60.5 Å². The second-order valence-electron chi connectivity index (χ2n) is 10.0. The first-order valence-electron chi connectivity index (χ1n) is 14.9. The summed E-state index contributed by atoms with van der Waals surface area (Å²) in [6.45, 7) is 2.00. The van der Waals surface area contributed by atoms with Crippen LogP contribution in [0, 0.1) is 0 Å². The third-order valence-corrected chi connectivity index (χ3v) is 11.8. The van der Waals surface area contributed by atoms with Crippen molar-refractivity contribution in [3.63, 3.8) is 0 Å². The van der Waals surface area contributed by atoms with E-state index in [2.05, 4.69) is 182 Å². The van der Waals surface area contributed by atoms with Crippen LogP contribution >= 0.6 is 15.8 Å².